The van der Waals surface area contributed by atoms with Crippen LogP contribution >= 0.6 is 11.8 Å². The number of aryl methyl sites for hydroxylation is 1. The van der Waals surface area contributed by atoms with Crippen LogP contribution in [0.3, 0.4) is 0 Å². The Morgan fingerprint density at radius 2 is 2.08 bits per heavy atom. The van der Waals surface area contributed by atoms with Crippen LogP contribution in [0.15, 0.2) is 44.6 Å². The van der Waals surface area contributed by atoms with E-state index in [1.165, 1.54) is 11.8 Å². The van der Waals surface area contributed by atoms with E-state index in [2.05, 4.69) is 15.5 Å². The van der Waals surface area contributed by atoms with Crippen LogP contribution < -0.4 is 14.8 Å². The number of carbonyl (C=O) groups is 1. The number of thioether (sulfide) groups is 1. The summed E-state index contributed by atoms with van der Waals surface area (Å²) in [6.07, 6.45) is 1.56. The number of fused-ring (bicyclic) bond motifs is 1. The smallest absolute Gasteiger partial charge is 0.277 e. The molecule has 9 heteroatoms. The number of hydrogen-bond acceptors (Lipinski definition) is 8. The standard InChI is InChI=1S/C17H15N3O5S/c1-9-12(5-6-22-9)16-19-20-17(25-16)26-10(2)15(21)18-11-3-4-13-14(7-11)24-8-23-13/h3-7,10H,8H2,1-2H3,(H,18,21)/t10-/m1/s1. The average molecular weight is 373 g/mol. The molecule has 1 atom stereocenters. The van der Waals surface area contributed by atoms with Crippen molar-refractivity contribution in [2.75, 3.05) is 12.1 Å². The molecule has 1 aromatic carbocycles. The first-order chi connectivity index (χ1) is 12.6. The molecule has 134 valence electrons. The predicted molar refractivity (Wildman–Crippen MR) is 93.3 cm³/mol. The van der Waals surface area contributed by atoms with E-state index in [-0.39, 0.29) is 12.7 Å². The number of benzene rings is 1. The summed E-state index contributed by atoms with van der Waals surface area (Å²) in [4.78, 5) is 12.4. The minimum atomic E-state index is -0.431. The van der Waals surface area contributed by atoms with Crippen molar-refractivity contribution in [1.82, 2.24) is 10.2 Å². The van der Waals surface area contributed by atoms with Crippen LogP contribution in [-0.4, -0.2) is 28.1 Å². The fourth-order valence-electron chi connectivity index (χ4n) is 2.40. The number of aromatic nitrogens is 2. The zero-order valence-electron chi connectivity index (χ0n) is 14.0. The molecule has 1 amide bonds. The van der Waals surface area contributed by atoms with Gasteiger partial charge in [-0.3, -0.25) is 4.79 Å². The third kappa shape index (κ3) is 3.25. The van der Waals surface area contributed by atoms with Crippen molar-refractivity contribution in [2.24, 2.45) is 0 Å². The van der Waals surface area contributed by atoms with Crippen molar-refractivity contribution >= 4 is 23.4 Å². The maximum atomic E-state index is 12.4. The maximum absolute atomic E-state index is 12.4. The number of ether oxygens (including phenoxy) is 2. The Bertz CT molecular complexity index is 952. The van der Waals surface area contributed by atoms with Crippen molar-refractivity contribution in [3.63, 3.8) is 0 Å². The maximum Gasteiger partial charge on any atom is 0.277 e. The second-order valence-corrected chi connectivity index (χ2v) is 6.87. The lowest BCUT2D eigenvalue weighted by atomic mass is 10.2. The van der Waals surface area contributed by atoms with Crippen LogP contribution in [0.4, 0.5) is 5.69 Å². The number of anilines is 1. The van der Waals surface area contributed by atoms with Gasteiger partial charge in [0.15, 0.2) is 11.5 Å². The van der Waals surface area contributed by atoms with Gasteiger partial charge < -0.3 is 23.6 Å². The van der Waals surface area contributed by atoms with Gasteiger partial charge in [-0.15, -0.1) is 10.2 Å². The quantitative estimate of drug-likeness (QED) is 0.679. The lowest BCUT2D eigenvalue weighted by molar-refractivity contribution is -0.115. The summed E-state index contributed by atoms with van der Waals surface area (Å²) in [5, 5.41) is 10.7. The summed E-state index contributed by atoms with van der Waals surface area (Å²) >= 11 is 1.18. The van der Waals surface area contributed by atoms with Crippen LogP contribution in [-0.2, 0) is 4.79 Å². The van der Waals surface area contributed by atoms with Gasteiger partial charge in [0.25, 0.3) is 11.1 Å². The van der Waals surface area contributed by atoms with E-state index in [1.54, 1.807) is 37.5 Å². The average Bonchev–Trinajstić information content (AvgIpc) is 3.34. The Morgan fingerprint density at radius 1 is 1.23 bits per heavy atom. The van der Waals surface area contributed by atoms with Crippen LogP contribution in [0, 0.1) is 6.92 Å². The second kappa shape index (κ2) is 6.75. The minimum absolute atomic E-state index is 0.187. The van der Waals surface area contributed by atoms with Crippen molar-refractivity contribution in [2.45, 2.75) is 24.3 Å². The van der Waals surface area contributed by atoms with Gasteiger partial charge in [0.2, 0.25) is 12.7 Å². The van der Waals surface area contributed by atoms with E-state index >= 15 is 0 Å². The number of nitrogens with one attached hydrogen (secondary N) is 1. The molecule has 0 spiro atoms. The molecule has 2 aromatic heterocycles. The van der Waals surface area contributed by atoms with Gasteiger partial charge >= 0.3 is 0 Å². The minimum Gasteiger partial charge on any atom is -0.469 e. The summed E-state index contributed by atoms with van der Waals surface area (Å²) in [6.45, 7) is 3.77. The number of carbonyl (C=O) groups excluding carboxylic acids is 1. The van der Waals surface area contributed by atoms with E-state index in [9.17, 15) is 4.79 Å². The zero-order chi connectivity index (χ0) is 18.1. The molecule has 0 radical (unpaired) electrons. The number of hydrogen-bond donors (Lipinski definition) is 1. The van der Waals surface area contributed by atoms with E-state index in [4.69, 9.17) is 18.3 Å². The second-order valence-electron chi connectivity index (χ2n) is 5.58. The van der Waals surface area contributed by atoms with Crippen LogP contribution in [0.5, 0.6) is 11.5 Å². The zero-order valence-corrected chi connectivity index (χ0v) is 14.8. The van der Waals surface area contributed by atoms with Crippen LogP contribution in [0.1, 0.15) is 12.7 Å². The normalized spacial score (nSPS) is 13.6. The highest BCUT2D eigenvalue weighted by Crippen LogP contribution is 2.34. The predicted octanol–water partition coefficient (Wildman–Crippen LogP) is 3.49. The monoisotopic (exact) mass is 373 g/mol. The first-order valence-electron chi connectivity index (χ1n) is 7.85. The van der Waals surface area contributed by atoms with Gasteiger partial charge in [-0.25, -0.2) is 0 Å². The summed E-state index contributed by atoms with van der Waals surface area (Å²) < 4.78 is 21.4. The molecule has 26 heavy (non-hydrogen) atoms. The Labute approximate surface area is 152 Å². The Balaban J connectivity index is 1.40. The number of amides is 1. The third-order valence-electron chi connectivity index (χ3n) is 3.78. The third-order valence-corrected chi connectivity index (χ3v) is 4.72. The Hall–Kier alpha value is -2.94. The molecule has 0 fully saturated rings. The summed E-state index contributed by atoms with van der Waals surface area (Å²) in [5.41, 5.74) is 1.37. The highest BCUT2D eigenvalue weighted by molar-refractivity contribution is 8.00. The molecule has 0 bridgehead atoms. The first kappa shape index (κ1) is 16.5. The highest BCUT2D eigenvalue weighted by Gasteiger charge is 2.21. The molecule has 0 aliphatic carbocycles. The Morgan fingerprint density at radius 3 is 2.88 bits per heavy atom. The molecule has 0 unspecified atom stereocenters. The van der Waals surface area contributed by atoms with Gasteiger partial charge in [0.05, 0.1) is 17.1 Å². The summed E-state index contributed by atoms with van der Waals surface area (Å²) in [5.74, 6) is 2.15. The van der Waals surface area contributed by atoms with Crippen LogP contribution in [0.2, 0.25) is 0 Å². The Kier molecular flexibility index (Phi) is 4.29. The van der Waals surface area contributed by atoms with Crippen molar-refractivity contribution in [1.29, 1.82) is 0 Å². The van der Waals surface area contributed by atoms with Gasteiger partial charge in [-0.05, 0) is 32.0 Å². The summed E-state index contributed by atoms with van der Waals surface area (Å²) in [6, 6.07) is 7.00. The van der Waals surface area contributed by atoms with Gasteiger partial charge in [0, 0.05) is 11.8 Å². The van der Waals surface area contributed by atoms with Gasteiger partial charge in [-0.2, -0.15) is 0 Å². The molecule has 0 saturated carbocycles. The van der Waals surface area contributed by atoms with E-state index in [0.717, 1.165) is 5.56 Å². The molecule has 8 nitrogen and oxygen atoms in total. The fraction of sp³-hybridized carbons (Fsp3) is 0.235. The van der Waals surface area contributed by atoms with Crippen LogP contribution in [0.25, 0.3) is 11.5 Å². The largest absolute Gasteiger partial charge is 0.469 e. The van der Waals surface area contributed by atoms with E-state index < -0.39 is 5.25 Å². The highest BCUT2D eigenvalue weighted by atomic mass is 32.2. The molecule has 4 rings (SSSR count). The lowest BCUT2D eigenvalue weighted by Gasteiger charge is -2.10. The van der Waals surface area contributed by atoms with Crippen molar-refractivity contribution in [3.05, 3.63) is 36.3 Å². The lowest BCUT2D eigenvalue weighted by Crippen LogP contribution is -2.22. The molecule has 0 saturated heterocycles. The molecular formula is C17H15N3O5S. The molecule has 3 heterocycles. The van der Waals surface area contributed by atoms with E-state index in [1.807, 2.05) is 6.92 Å². The van der Waals surface area contributed by atoms with Gasteiger partial charge in [-0.1, -0.05) is 11.8 Å². The van der Waals surface area contributed by atoms with Crippen molar-refractivity contribution < 1.29 is 23.1 Å². The first-order valence-corrected chi connectivity index (χ1v) is 8.73. The topological polar surface area (TPSA) is 99.6 Å². The molecule has 3 aromatic rings. The SMILES string of the molecule is Cc1occc1-c1nnc(S[C@H](C)C(=O)Nc2ccc3c(c2)OCO3)o1. The van der Waals surface area contributed by atoms with Gasteiger partial charge in [0.1, 0.15) is 5.76 Å². The number of furan rings is 1. The number of rotatable bonds is 5. The van der Waals surface area contributed by atoms with E-state index in [0.29, 0.717) is 34.1 Å². The fourth-order valence-corrected chi connectivity index (χ4v) is 3.08. The number of nitrogens with zero attached hydrogens (tertiary/aromatic N) is 2. The van der Waals surface area contributed by atoms with Crippen molar-refractivity contribution in [3.8, 4) is 23.0 Å². The molecule has 1 N–H and O–H groups in total. The molecule has 1 aliphatic heterocycles. The molecular weight excluding hydrogens is 358 g/mol. The molecule has 1 aliphatic rings. The summed E-state index contributed by atoms with van der Waals surface area (Å²) in [7, 11) is 0.